The average Bonchev–Trinajstić information content (AvgIpc) is 2.76. The third-order valence-corrected chi connectivity index (χ3v) is 6.67. The van der Waals surface area contributed by atoms with Crippen LogP contribution in [0.4, 0.5) is 0 Å². The van der Waals surface area contributed by atoms with E-state index in [0.29, 0.717) is 10.9 Å². The van der Waals surface area contributed by atoms with E-state index in [1.54, 1.807) is 0 Å². The van der Waals surface area contributed by atoms with Crippen LogP contribution in [0, 0.1) is 0 Å². The van der Waals surface area contributed by atoms with Gasteiger partial charge in [-0.15, -0.1) is 0 Å². The maximum Gasteiger partial charge on any atom is 0.368 e. The third-order valence-electron chi connectivity index (χ3n) is 3.94. The van der Waals surface area contributed by atoms with E-state index in [2.05, 4.69) is 63.1 Å². The number of carbonyl (C=O) groups excluding carboxylic acids is 2. The zero-order chi connectivity index (χ0) is 25.1. The number of oxime groups is 1. The fourth-order valence-corrected chi connectivity index (χ4v) is 5.11. The molecule has 1 rings (SSSR count). The van der Waals surface area contributed by atoms with Crippen LogP contribution < -0.4 is 0 Å². The average molecular weight is 506 g/mol. The van der Waals surface area contributed by atoms with E-state index in [4.69, 9.17) is 0 Å². The zero-order valence-electron chi connectivity index (χ0n) is 19.8. The molecule has 0 aliphatic heterocycles. The SMILES string of the molecule is CCCC[S+](CCCC)Cc1ccccc1.CCOC(=O)C(=NOS(=O)(=O)[O-])C(=O)OCC. The number of benzene rings is 1. The van der Waals surface area contributed by atoms with Gasteiger partial charge in [0, 0.05) is 5.56 Å². The second-order valence-electron chi connectivity index (χ2n) is 6.72. The van der Waals surface area contributed by atoms with Crippen molar-refractivity contribution in [3.8, 4) is 0 Å². The monoisotopic (exact) mass is 505 g/mol. The molecule has 0 unspecified atom stereocenters. The summed E-state index contributed by atoms with van der Waals surface area (Å²) in [5.41, 5.74) is 0.464. The predicted molar refractivity (Wildman–Crippen MR) is 129 cm³/mol. The van der Waals surface area contributed by atoms with Gasteiger partial charge in [0.05, 0.1) is 13.2 Å². The molecular weight excluding hydrogens is 470 g/mol. The van der Waals surface area contributed by atoms with Gasteiger partial charge in [0.2, 0.25) is 0 Å². The van der Waals surface area contributed by atoms with Crippen molar-refractivity contribution in [1.82, 2.24) is 0 Å². The quantitative estimate of drug-likeness (QED) is 0.0715. The molecule has 0 heterocycles. The number of unbranched alkanes of at least 4 members (excludes halogenated alkanes) is 2. The first-order valence-electron chi connectivity index (χ1n) is 10.9. The minimum Gasteiger partial charge on any atom is -0.714 e. The molecule has 0 radical (unpaired) electrons. The molecule has 188 valence electrons. The maximum atomic E-state index is 11.1. The molecule has 0 atom stereocenters. The Labute approximate surface area is 200 Å². The third kappa shape index (κ3) is 16.2. The molecule has 0 spiro atoms. The first kappa shape index (κ1) is 30.9. The fourth-order valence-electron chi connectivity index (χ4n) is 2.39. The summed E-state index contributed by atoms with van der Waals surface area (Å²) in [6, 6.07) is 11.0. The number of nitrogens with zero attached hydrogens (tertiary/aromatic N) is 1. The van der Waals surface area contributed by atoms with Crippen LogP contribution >= 0.6 is 0 Å². The lowest BCUT2D eigenvalue weighted by Gasteiger charge is -2.08. The van der Waals surface area contributed by atoms with Gasteiger partial charge in [-0.25, -0.2) is 9.59 Å². The highest BCUT2D eigenvalue weighted by Gasteiger charge is 2.25. The van der Waals surface area contributed by atoms with Crippen LogP contribution in [-0.4, -0.2) is 55.3 Å². The Morgan fingerprint density at radius 2 is 1.39 bits per heavy atom. The Kier molecular flexibility index (Phi) is 17.2. The highest BCUT2D eigenvalue weighted by Crippen LogP contribution is 2.13. The minimum atomic E-state index is -5.17. The summed E-state index contributed by atoms with van der Waals surface area (Å²) in [7, 11) is -4.54. The molecule has 0 aliphatic carbocycles. The van der Waals surface area contributed by atoms with E-state index in [0.717, 1.165) is 0 Å². The predicted octanol–water partition coefficient (Wildman–Crippen LogP) is 3.35. The molecule has 1 aromatic rings. The van der Waals surface area contributed by atoms with Gasteiger partial charge in [0.1, 0.15) is 17.3 Å². The van der Waals surface area contributed by atoms with Gasteiger partial charge in [-0.1, -0.05) is 62.2 Å². The molecule has 33 heavy (non-hydrogen) atoms. The van der Waals surface area contributed by atoms with Crippen molar-refractivity contribution >= 4 is 38.9 Å². The summed E-state index contributed by atoms with van der Waals surface area (Å²) in [4.78, 5) is 22.3. The first-order chi connectivity index (χ1) is 15.7. The Morgan fingerprint density at radius 3 is 1.79 bits per heavy atom. The summed E-state index contributed by atoms with van der Waals surface area (Å²) in [5.74, 6) is 1.67. The summed E-state index contributed by atoms with van der Waals surface area (Å²) in [6.45, 7) is 7.33. The molecule has 9 nitrogen and oxygen atoms in total. The molecule has 0 amide bonds. The first-order valence-corrected chi connectivity index (χ1v) is 14.0. The fraction of sp³-hybridized carbons (Fsp3) is 0.591. The van der Waals surface area contributed by atoms with Crippen LogP contribution in [0.2, 0.25) is 0 Å². The molecular formula is C22H35NO8S2. The second kappa shape index (κ2) is 18.3. The summed E-state index contributed by atoms with van der Waals surface area (Å²) < 4.78 is 42.5. The van der Waals surface area contributed by atoms with Crippen molar-refractivity contribution in [2.45, 2.75) is 59.1 Å². The molecule has 0 saturated carbocycles. The number of hydrogen-bond acceptors (Lipinski definition) is 9. The van der Waals surface area contributed by atoms with Crippen LogP contribution in [0.3, 0.4) is 0 Å². The van der Waals surface area contributed by atoms with E-state index in [9.17, 15) is 22.6 Å². The molecule has 0 bridgehead atoms. The smallest absolute Gasteiger partial charge is 0.368 e. The summed E-state index contributed by atoms with van der Waals surface area (Å²) in [6.07, 6.45) is 5.48. The Morgan fingerprint density at radius 1 is 0.909 bits per heavy atom. The van der Waals surface area contributed by atoms with Gasteiger partial charge in [-0.2, -0.15) is 8.42 Å². The number of carbonyl (C=O) groups is 2. The van der Waals surface area contributed by atoms with Gasteiger partial charge in [-0.05, 0) is 37.6 Å². The van der Waals surface area contributed by atoms with Crippen molar-refractivity contribution in [3.63, 3.8) is 0 Å². The van der Waals surface area contributed by atoms with Gasteiger partial charge >= 0.3 is 11.9 Å². The molecule has 11 heteroatoms. The number of esters is 2. The van der Waals surface area contributed by atoms with E-state index in [1.165, 1.54) is 62.4 Å². The van der Waals surface area contributed by atoms with E-state index in [-0.39, 0.29) is 13.2 Å². The zero-order valence-corrected chi connectivity index (χ0v) is 21.4. The van der Waals surface area contributed by atoms with Gasteiger partial charge in [0.25, 0.3) is 16.1 Å². The minimum absolute atomic E-state index is 0.0820. The largest absolute Gasteiger partial charge is 0.714 e. The van der Waals surface area contributed by atoms with Crippen molar-refractivity contribution in [1.29, 1.82) is 0 Å². The van der Waals surface area contributed by atoms with E-state index >= 15 is 0 Å². The lowest BCUT2D eigenvalue weighted by molar-refractivity contribution is -0.140. The van der Waals surface area contributed by atoms with Crippen molar-refractivity contribution in [3.05, 3.63) is 35.9 Å². The highest BCUT2D eigenvalue weighted by molar-refractivity contribution is 7.96. The Balaban J connectivity index is 0.000000621. The van der Waals surface area contributed by atoms with Crippen molar-refractivity contribution < 1.29 is 36.3 Å². The molecule has 0 N–H and O–H groups in total. The molecule has 1 aromatic carbocycles. The standard InChI is InChI=1S/C15H25S.C7H11NO8S/c1-3-5-12-16(13-6-4-2)14-15-10-8-7-9-11-15;1-3-14-6(9)5(7(10)15-4-2)8-16-17(11,12)13/h7-11H,3-6,12-14H2,1-2H3;3-4H2,1-2H3,(H,11,12,13)/q+1;/p-1. The number of hydrogen-bond donors (Lipinski definition) is 0. The molecule has 0 saturated heterocycles. The van der Waals surface area contributed by atoms with E-state index in [1.807, 2.05) is 0 Å². The van der Waals surface area contributed by atoms with Crippen molar-refractivity contribution in [2.75, 3.05) is 24.7 Å². The van der Waals surface area contributed by atoms with Crippen LogP contribution in [0.25, 0.3) is 0 Å². The van der Waals surface area contributed by atoms with Gasteiger partial charge in [0.15, 0.2) is 0 Å². The summed E-state index contributed by atoms with van der Waals surface area (Å²) in [5, 5.41) is 2.60. The summed E-state index contributed by atoms with van der Waals surface area (Å²) >= 11 is 0. The highest BCUT2D eigenvalue weighted by atomic mass is 32.3. The van der Waals surface area contributed by atoms with E-state index < -0.39 is 28.0 Å². The van der Waals surface area contributed by atoms with Gasteiger partial charge < -0.3 is 14.0 Å². The Bertz CT molecular complexity index is 785. The van der Waals surface area contributed by atoms with Crippen LogP contribution in [0.15, 0.2) is 35.5 Å². The molecule has 0 aliphatic rings. The van der Waals surface area contributed by atoms with Crippen LogP contribution in [-0.2, 0) is 50.4 Å². The Hall–Kier alpha value is -2.11. The lowest BCUT2D eigenvalue weighted by Crippen LogP contribution is -2.29. The van der Waals surface area contributed by atoms with Crippen molar-refractivity contribution in [2.24, 2.45) is 5.16 Å². The number of ether oxygens (including phenoxy) is 2. The number of rotatable bonds is 14. The maximum absolute atomic E-state index is 11.1. The van der Waals surface area contributed by atoms with Crippen LogP contribution in [0.5, 0.6) is 0 Å². The lowest BCUT2D eigenvalue weighted by atomic mass is 10.2. The topological polar surface area (TPSA) is 131 Å². The molecule has 0 aromatic heterocycles. The van der Waals surface area contributed by atoms with Gasteiger partial charge in [-0.3, -0.25) is 4.28 Å². The van der Waals surface area contributed by atoms with Crippen LogP contribution in [0.1, 0.15) is 58.9 Å². The normalized spacial score (nSPS) is 10.6. The second-order valence-corrected chi connectivity index (χ2v) is 10.0. The molecule has 0 fully saturated rings.